The van der Waals surface area contributed by atoms with Gasteiger partial charge in [-0.15, -0.1) is 0 Å². The highest BCUT2D eigenvalue weighted by atomic mass is 35.5. The van der Waals surface area contributed by atoms with Gasteiger partial charge in [0.1, 0.15) is 18.2 Å². The van der Waals surface area contributed by atoms with E-state index in [9.17, 15) is 9.18 Å². The number of imidazole rings is 1. The van der Waals surface area contributed by atoms with Gasteiger partial charge in [0.05, 0.1) is 35.9 Å². The number of hydrogen-bond donors (Lipinski definition) is 1. The molecule has 2 aliphatic heterocycles. The van der Waals surface area contributed by atoms with Gasteiger partial charge < -0.3 is 14.0 Å². The molecule has 7 rings (SSSR count). The maximum atomic E-state index is 14.2. The van der Waals surface area contributed by atoms with Crippen LogP contribution in [0.4, 0.5) is 4.39 Å². The zero-order valence-electron chi connectivity index (χ0n) is 22.0. The van der Waals surface area contributed by atoms with Crippen molar-refractivity contribution in [3.8, 4) is 17.3 Å². The number of nitrogens with zero attached hydrogens (tertiary/aromatic N) is 5. The van der Waals surface area contributed by atoms with Crippen molar-refractivity contribution < 1.29 is 18.4 Å². The zero-order valence-corrected chi connectivity index (χ0v) is 22.7. The minimum atomic E-state index is -0.596. The summed E-state index contributed by atoms with van der Waals surface area (Å²) in [6, 6.07) is 14.2. The molecule has 210 valence electrons. The van der Waals surface area contributed by atoms with Crippen LogP contribution in [0.3, 0.4) is 0 Å². The van der Waals surface area contributed by atoms with E-state index in [0.717, 1.165) is 54.1 Å². The van der Waals surface area contributed by atoms with Crippen molar-refractivity contribution in [2.24, 2.45) is 0 Å². The Morgan fingerprint density at radius 2 is 2.05 bits per heavy atom. The summed E-state index contributed by atoms with van der Waals surface area (Å²) in [7, 11) is 0. The summed E-state index contributed by atoms with van der Waals surface area (Å²) in [6.45, 7) is 3.64. The van der Waals surface area contributed by atoms with Crippen molar-refractivity contribution in [1.82, 2.24) is 29.6 Å². The summed E-state index contributed by atoms with van der Waals surface area (Å²) in [5.41, 5.74) is 5.07. The first-order chi connectivity index (χ1) is 20.0. The molecule has 2 aliphatic rings. The van der Waals surface area contributed by atoms with Crippen LogP contribution in [0.5, 0.6) is 5.88 Å². The van der Waals surface area contributed by atoms with Crippen LogP contribution >= 0.6 is 11.6 Å². The molecule has 41 heavy (non-hydrogen) atoms. The van der Waals surface area contributed by atoms with Crippen LogP contribution in [0, 0.1) is 5.82 Å². The number of hydrogen-bond acceptors (Lipinski definition) is 8. The lowest BCUT2D eigenvalue weighted by atomic mass is 10.1. The summed E-state index contributed by atoms with van der Waals surface area (Å²) < 4.78 is 32.7. The summed E-state index contributed by atoms with van der Waals surface area (Å²) in [5.74, 6) is 0.754. The minimum Gasteiger partial charge on any atom is -0.473 e. The Morgan fingerprint density at radius 1 is 1.15 bits per heavy atom. The second kappa shape index (κ2) is 10.7. The largest absolute Gasteiger partial charge is 0.473 e. The Labute approximate surface area is 238 Å². The topological polar surface area (TPSA) is 111 Å². The van der Waals surface area contributed by atoms with E-state index in [0.29, 0.717) is 41.9 Å². The third-order valence-electron chi connectivity index (χ3n) is 7.59. The van der Waals surface area contributed by atoms with Crippen molar-refractivity contribution >= 4 is 22.6 Å². The maximum absolute atomic E-state index is 14.2. The monoisotopic (exact) mass is 576 g/mol. The predicted octanol–water partition coefficient (Wildman–Crippen LogP) is 4.49. The fraction of sp³-hybridized carbons (Fsp3) is 0.310. The molecule has 5 heterocycles. The highest BCUT2D eigenvalue weighted by Crippen LogP contribution is 2.28. The highest BCUT2D eigenvalue weighted by molar-refractivity contribution is 6.30. The average Bonchev–Trinajstić information content (AvgIpc) is 3.52. The molecule has 0 saturated carbocycles. The van der Waals surface area contributed by atoms with Crippen LogP contribution in [0.15, 0.2) is 57.8 Å². The number of rotatable bonds is 8. The van der Waals surface area contributed by atoms with Gasteiger partial charge in [0.15, 0.2) is 5.82 Å². The number of halogens is 2. The summed E-state index contributed by atoms with van der Waals surface area (Å²) >= 11 is 5.86. The normalized spacial score (nSPS) is 17.0. The molecular formula is C29H26ClFN6O4. The van der Waals surface area contributed by atoms with Gasteiger partial charge in [0, 0.05) is 41.9 Å². The predicted molar refractivity (Wildman–Crippen MR) is 148 cm³/mol. The third kappa shape index (κ3) is 5.35. The molecule has 0 unspecified atom stereocenters. The van der Waals surface area contributed by atoms with E-state index in [1.54, 1.807) is 12.1 Å². The zero-order chi connectivity index (χ0) is 27.9. The molecule has 1 atom stereocenters. The Kier molecular flexibility index (Phi) is 6.77. The molecule has 5 aromatic rings. The summed E-state index contributed by atoms with van der Waals surface area (Å²) in [6.07, 6.45) is 1.99. The second-order valence-corrected chi connectivity index (χ2v) is 10.7. The molecule has 1 N–H and O–H groups in total. The molecule has 0 radical (unpaired) electrons. The fourth-order valence-corrected chi connectivity index (χ4v) is 5.44. The summed E-state index contributed by atoms with van der Waals surface area (Å²) in [5, 5.41) is 4.18. The minimum absolute atomic E-state index is 0.0655. The lowest BCUT2D eigenvalue weighted by molar-refractivity contribution is -0.0592. The highest BCUT2D eigenvalue weighted by Gasteiger charge is 2.25. The Morgan fingerprint density at radius 3 is 2.83 bits per heavy atom. The van der Waals surface area contributed by atoms with E-state index < -0.39 is 11.6 Å². The number of benzene rings is 2. The van der Waals surface area contributed by atoms with Crippen LogP contribution in [0.2, 0.25) is 5.02 Å². The number of ether oxygens (including phenoxy) is 2. The van der Waals surface area contributed by atoms with Crippen LogP contribution < -0.4 is 10.5 Å². The molecule has 10 nitrogen and oxygen atoms in total. The van der Waals surface area contributed by atoms with Gasteiger partial charge in [-0.25, -0.2) is 19.2 Å². The van der Waals surface area contributed by atoms with Crippen molar-refractivity contribution in [3.63, 3.8) is 0 Å². The van der Waals surface area contributed by atoms with Gasteiger partial charge in [-0.05, 0) is 48.7 Å². The van der Waals surface area contributed by atoms with Crippen molar-refractivity contribution in [3.05, 3.63) is 92.6 Å². The van der Waals surface area contributed by atoms with Gasteiger partial charge in [-0.2, -0.15) is 0 Å². The number of H-pyrrole nitrogens is 1. The fourth-order valence-electron chi connectivity index (χ4n) is 5.28. The van der Waals surface area contributed by atoms with E-state index in [4.69, 9.17) is 35.6 Å². The quantitative estimate of drug-likeness (QED) is 0.288. The standard InChI is InChI=1S/C29H26ClFN6O4/c30-20-4-1-19(22(31)12-20)16-40-27-6-3-17-7-9-36(14-24(17)33-27)15-26-32-23-5-2-18(28-34-29(38)41-35-28)11-25(23)37(26)13-21-8-10-39-21/h1-6,11-12,21H,7-10,13-16H2,(H,34,35,38)/t21-/m0/s1. The van der Waals surface area contributed by atoms with E-state index in [1.807, 2.05) is 30.3 Å². The lowest BCUT2D eigenvalue weighted by Crippen LogP contribution is -2.34. The van der Waals surface area contributed by atoms with Crippen molar-refractivity contribution in [2.75, 3.05) is 13.2 Å². The molecule has 0 bridgehead atoms. The Hall–Kier alpha value is -4.06. The molecule has 0 amide bonds. The Balaban J connectivity index is 1.11. The second-order valence-electron chi connectivity index (χ2n) is 10.3. The van der Waals surface area contributed by atoms with Gasteiger partial charge in [0.25, 0.3) is 0 Å². The SMILES string of the molecule is O=c1[nH]c(-c2ccc3nc(CN4CCc5ccc(OCc6ccc(Cl)cc6F)nc5C4)n(C[C@@H]4CCO4)c3c2)no1. The van der Waals surface area contributed by atoms with E-state index in [2.05, 4.69) is 19.6 Å². The molecule has 1 saturated heterocycles. The number of aromatic nitrogens is 5. The molecule has 2 aromatic carbocycles. The lowest BCUT2D eigenvalue weighted by Gasteiger charge is -2.30. The number of aromatic amines is 1. The maximum Gasteiger partial charge on any atom is 0.439 e. The van der Waals surface area contributed by atoms with E-state index in [-0.39, 0.29) is 12.7 Å². The summed E-state index contributed by atoms with van der Waals surface area (Å²) in [4.78, 5) is 26.1. The molecule has 0 aliphatic carbocycles. The number of nitrogens with one attached hydrogen (secondary N) is 1. The first kappa shape index (κ1) is 25.9. The van der Waals surface area contributed by atoms with Gasteiger partial charge in [0.2, 0.25) is 5.88 Å². The van der Waals surface area contributed by atoms with Crippen LogP contribution in [-0.4, -0.2) is 48.8 Å². The van der Waals surface area contributed by atoms with Gasteiger partial charge >= 0.3 is 5.76 Å². The van der Waals surface area contributed by atoms with Crippen molar-refractivity contribution in [1.29, 1.82) is 0 Å². The first-order valence-corrected chi connectivity index (χ1v) is 13.8. The van der Waals surface area contributed by atoms with Gasteiger partial charge in [-0.1, -0.05) is 28.9 Å². The molecule has 3 aromatic heterocycles. The molecule has 12 heteroatoms. The van der Waals surface area contributed by atoms with E-state index in [1.165, 1.54) is 11.6 Å². The van der Waals surface area contributed by atoms with Gasteiger partial charge in [-0.3, -0.25) is 14.4 Å². The van der Waals surface area contributed by atoms with Crippen LogP contribution in [-0.2, 0) is 37.4 Å². The third-order valence-corrected chi connectivity index (χ3v) is 7.83. The first-order valence-electron chi connectivity index (χ1n) is 13.4. The molecular weight excluding hydrogens is 551 g/mol. The molecule has 0 spiro atoms. The number of pyridine rings is 1. The van der Waals surface area contributed by atoms with Crippen LogP contribution in [0.25, 0.3) is 22.4 Å². The average molecular weight is 577 g/mol. The Bertz CT molecular complexity index is 1800. The van der Waals surface area contributed by atoms with E-state index >= 15 is 0 Å². The molecule has 1 fully saturated rings. The van der Waals surface area contributed by atoms with Crippen molar-refractivity contribution in [2.45, 2.75) is 45.2 Å². The smallest absolute Gasteiger partial charge is 0.439 e. The van der Waals surface area contributed by atoms with Crippen LogP contribution in [0.1, 0.15) is 29.1 Å². The number of fused-ring (bicyclic) bond motifs is 2.